The van der Waals surface area contributed by atoms with Crippen LogP contribution >= 0.6 is 13.5 Å². The quantitative estimate of drug-likeness (QED) is 0.713. The highest BCUT2D eigenvalue weighted by atomic mass is 32.1. The predicted octanol–water partition coefficient (Wildman–Crippen LogP) is 4.03. The lowest BCUT2D eigenvalue weighted by molar-refractivity contribution is -0.0298. The average Bonchev–Trinajstić information content (AvgIpc) is 3.08. The van der Waals surface area contributed by atoms with Crippen LogP contribution in [0.15, 0.2) is 18.2 Å². The molecule has 2 aliphatic rings. The molecule has 1 heterocycles. The zero-order valence-electron chi connectivity index (χ0n) is 16.5. The van der Waals surface area contributed by atoms with E-state index < -0.39 is 0 Å². The molecule has 0 N–H and O–H groups in total. The molecular weight excluding hydrogens is 346 g/mol. The van der Waals surface area contributed by atoms with Crippen LogP contribution in [-0.2, 0) is 11.2 Å². The average molecular weight is 382 g/mol. The molecule has 1 aromatic rings. The molecule has 5 heteroatoms. The Morgan fingerprint density at radius 2 is 1.81 bits per heavy atom. The fourth-order valence-electron chi connectivity index (χ4n) is 4.32. The van der Waals surface area contributed by atoms with Crippen LogP contribution in [-0.4, -0.2) is 51.0 Å². The molecular formula is C21H35NO3S. The van der Waals surface area contributed by atoms with E-state index in [-0.39, 0.29) is 13.5 Å². The van der Waals surface area contributed by atoms with Crippen LogP contribution in [0.25, 0.3) is 0 Å². The van der Waals surface area contributed by atoms with Crippen LogP contribution in [0.1, 0.15) is 44.6 Å². The summed E-state index contributed by atoms with van der Waals surface area (Å²) < 4.78 is 17.1. The first kappa shape index (κ1) is 21.4. The number of benzene rings is 1. The third-order valence-corrected chi connectivity index (χ3v) is 5.76. The van der Waals surface area contributed by atoms with Crippen LogP contribution in [0.3, 0.4) is 0 Å². The first-order chi connectivity index (χ1) is 12.2. The van der Waals surface area contributed by atoms with E-state index in [9.17, 15) is 0 Å². The van der Waals surface area contributed by atoms with Gasteiger partial charge < -0.3 is 14.2 Å². The van der Waals surface area contributed by atoms with Crippen molar-refractivity contribution in [2.45, 2.75) is 57.6 Å². The molecule has 1 saturated heterocycles. The monoisotopic (exact) mass is 381 g/mol. The fraction of sp³-hybridized carbons (Fsp3) is 0.714. The van der Waals surface area contributed by atoms with E-state index in [1.54, 1.807) is 14.2 Å². The number of hydrogen-bond acceptors (Lipinski definition) is 4. The molecule has 1 unspecified atom stereocenters. The minimum atomic E-state index is 0. The molecule has 1 saturated carbocycles. The van der Waals surface area contributed by atoms with Gasteiger partial charge in [0, 0.05) is 12.6 Å². The number of rotatable bonds is 7. The Morgan fingerprint density at radius 1 is 1.04 bits per heavy atom. The number of ether oxygens (including phenoxy) is 3. The molecule has 148 valence electrons. The maximum atomic E-state index is 6.36. The molecule has 0 amide bonds. The highest BCUT2D eigenvalue weighted by molar-refractivity contribution is 7.59. The van der Waals surface area contributed by atoms with E-state index in [4.69, 9.17) is 14.2 Å². The Labute approximate surface area is 165 Å². The predicted molar refractivity (Wildman–Crippen MR) is 111 cm³/mol. The Morgan fingerprint density at radius 3 is 2.50 bits per heavy atom. The molecule has 0 radical (unpaired) electrons. The SMILES string of the molecule is COc1ccc(CCO[C@H]2CCCCC2N2CC[C@@H](C)C2)cc1OC.S. The Hall–Kier alpha value is -0.910. The molecule has 0 aromatic heterocycles. The molecule has 1 aromatic carbocycles. The maximum absolute atomic E-state index is 6.36. The van der Waals surface area contributed by atoms with Crippen molar-refractivity contribution in [3.63, 3.8) is 0 Å². The van der Waals surface area contributed by atoms with E-state index in [2.05, 4.69) is 24.0 Å². The number of nitrogens with zero attached hydrogens (tertiary/aromatic N) is 1. The zero-order chi connectivity index (χ0) is 17.6. The molecule has 1 aliphatic heterocycles. The third kappa shape index (κ3) is 5.30. The summed E-state index contributed by atoms with van der Waals surface area (Å²) in [6, 6.07) is 6.76. The van der Waals surface area contributed by atoms with Gasteiger partial charge in [-0.1, -0.05) is 25.8 Å². The Bertz CT molecular complexity index is 554. The van der Waals surface area contributed by atoms with E-state index in [0.29, 0.717) is 12.1 Å². The molecule has 1 aliphatic carbocycles. The standard InChI is InChI=1S/C21H33NO3.H2S/c1-16-10-12-22(15-16)18-6-4-5-7-19(18)25-13-11-17-8-9-20(23-2)21(14-17)24-3;/h8-9,14,16,18-19H,4-7,10-13,15H2,1-3H3;1H2/t16-,18?,19+;/m1./s1. The lowest BCUT2D eigenvalue weighted by Crippen LogP contribution is -2.45. The second kappa shape index (κ2) is 10.4. The van der Waals surface area contributed by atoms with Crippen LogP contribution in [0.5, 0.6) is 11.5 Å². The second-order valence-electron chi connectivity index (χ2n) is 7.59. The van der Waals surface area contributed by atoms with Crippen molar-refractivity contribution in [2.24, 2.45) is 5.92 Å². The number of methoxy groups -OCH3 is 2. The van der Waals surface area contributed by atoms with E-state index in [1.807, 2.05) is 6.07 Å². The minimum Gasteiger partial charge on any atom is -0.493 e. The van der Waals surface area contributed by atoms with Gasteiger partial charge >= 0.3 is 0 Å². The largest absolute Gasteiger partial charge is 0.493 e. The summed E-state index contributed by atoms with van der Waals surface area (Å²) in [4.78, 5) is 2.69. The lowest BCUT2D eigenvalue weighted by Gasteiger charge is -2.38. The molecule has 3 atom stereocenters. The molecule has 0 bridgehead atoms. The van der Waals surface area contributed by atoms with Crippen LogP contribution < -0.4 is 9.47 Å². The summed E-state index contributed by atoms with van der Waals surface area (Å²) in [7, 11) is 3.35. The Balaban J connectivity index is 0.00000243. The van der Waals surface area contributed by atoms with Crippen LogP contribution in [0.2, 0.25) is 0 Å². The lowest BCUT2D eigenvalue weighted by atomic mass is 9.91. The molecule has 2 fully saturated rings. The Kier molecular flexibility index (Phi) is 8.58. The van der Waals surface area contributed by atoms with Gasteiger partial charge in [-0.25, -0.2) is 0 Å². The normalized spacial score (nSPS) is 26.3. The van der Waals surface area contributed by atoms with Crippen LogP contribution in [0.4, 0.5) is 0 Å². The second-order valence-corrected chi connectivity index (χ2v) is 7.59. The van der Waals surface area contributed by atoms with Crippen molar-refractivity contribution in [1.82, 2.24) is 4.90 Å². The van der Waals surface area contributed by atoms with Gasteiger partial charge in [0.2, 0.25) is 0 Å². The summed E-state index contributed by atoms with van der Waals surface area (Å²) in [6.07, 6.45) is 7.83. The molecule has 4 nitrogen and oxygen atoms in total. The van der Waals surface area contributed by atoms with E-state index in [0.717, 1.165) is 30.4 Å². The van der Waals surface area contributed by atoms with Crippen molar-refractivity contribution >= 4 is 13.5 Å². The summed E-state index contributed by atoms with van der Waals surface area (Å²) >= 11 is 0. The topological polar surface area (TPSA) is 30.9 Å². The van der Waals surface area contributed by atoms with Crippen molar-refractivity contribution in [3.05, 3.63) is 23.8 Å². The minimum absolute atomic E-state index is 0. The summed E-state index contributed by atoms with van der Waals surface area (Å²) in [5.41, 5.74) is 1.24. The highest BCUT2D eigenvalue weighted by Crippen LogP contribution is 2.30. The van der Waals surface area contributed by atoms with Gasteiger partial charge in [0.05, 0.1) is 26.9 Å². The highest BCUT2D eigenvalue weighted by Gasteiger charge is 2.33. The molecule has 26 heavy (non-hydrogen) atoms. The number of hydrogen-bond donors (Lipinski definition) is 0. The van der Waals surface area contributed by atoms with Gasteiger partial charge in [0.25, 0.3) is 0 Å². The first-order valence-electron chi connectivity index (χ1n) is 9.78. The van der Waals surface area contributed by atoms with Gasteiger partial charge in [-0.2, -0.15) is 13.5 Å². The van der Waals surface area contributed by atoms with E-state index >= 15 is 0 Å². The summed E-state index contributed by atoms with van der Waals surface area (Å²) in [6.45, 7) is 5.65. The summed E-state index contributed by atoms with van der Waals surface area (Å²) in [5.74, 6) is 2.42. The summed E-state index contributed by atoms with van der Waals surface area (Å²) in [5, 5.41) is 0. The smallest absolute Gasteiger partial charge is 0.160 e. The van der Waals surface area contributed by atoms with Gasteiger partial charge in [0.15, 0.2) is 11.5 Å². The van der Waals surface area contributed by atoms with E-state index in [1.165, 1.54) is 50.8 Å². The van der Waals surface area contributed by atoms with Crippen molar-refractivity contribution < 1.29 is 14.2 Å². The van der Waals surface area contributed by atoms with Gasteiger partial charge in [-0.05, 0) is 55.8 Å². The van der Waals surface area contributed by atoms with Crippen molar-refractivity contribution in [1.29, 1.82) is 0 Å². The first-order valence-corrected chi connectivity index (χ1v) is 9.78. The zero-order valence-corrected chi connectivity index (χ0v) is 17.5. The van der Waals surface area contributed by atoms with Gasteiger partial charge in [-0.3, -0.25) is 4.90 Å². The maximum Gasteiger partial charge on any atom is 0.160 e. The third-order valence-electron chi connectivity index (χ3n) is 5.76. The number of likely N-dealkylation sites (tertiary alicyclic amines) is 1. The van der Waals surface area contributed by atoms with Crippen molar-refractivity contribution in [3.8, 4) is 11.5 Å². The van der Waals surface area contributed by atoms with Crippen molar-refractivity contribution in [2.75, 3.05) is 33.9 Å². The van der Waals surface area contributed by atoms with Gasteiger partial charge in [0.1, 0.15) is 0 Å². The van der Waals surface area contributed by atoms with Crippen LogP contribution in [0, 0.1) is 5.92 Å². The molecule has 3 rings (SSSR count). The molecule has 0 spiro atoms. The van der Waals surface area contributed by atoms with Gasteiger partial charge in [-0.15, -0.1) is 0 Å². The fourth-order valence-corrected chi connectivity index (χ4v) is 4.32.